The zero-order valence-corrected chi connectivity index (χ0v) is 12.4. The summed E-state index contributed by atoms with van der Waals surface area (Å²) in [6.45, 7) is 4.86. The number of rotatable bonds is 5. The number of amides is 1. The van der Waals surface area contributed by atoms with Gasteiger partial charge in [0.25, 0.3) is 5.91 Å². The lowest BCUT2D eigenvalue weighted by atomic mass is 9.87. The molecule has 0 bridgehead atoms. The zero-order chi connectivity index (χ0) is 17.1. The predicted molar refractivity (Wildman–Crippen MR) is 74.3 cm³/mol. The first kappa shape index (κ1) is 17.7. The molecule has 2 N–H and O–H groups in total. The van der Waals surface area contributed by atoms with E-state index in [-0.39, 0.29) is 5.78 Å². The minimum absolute atomic E-state index is 0.361. The van der Waals surface area contributed by atoms with E-state index in [0.717, 1.165) is 12.1 Å². The van der Waals surface area contributed by atoms with Gasteiger partial charge in [-0.3, -0.25) is 9.59 Å². The van der Waals surface area contributed by atoms with Crippen molar-refractivity contribution < 1.29 is 28.3 Å². The number of carboxylic acids is 1. The molecule has 1 atom stereocenters. The van der Waals surface area contributed by atoms with E-state index in [1.54, 1.807) is 20.8 Å². The van der Waals surface area contributed by atoms with E-state index in [4.69, 9.17) is 5.11 Å². The number of ketones is 1. The maximum Gasteiger partial charge on any atom is 0.326 e. The van der Waals surface area contributed by atoms with E-state index in [2.05, 4.69) is 5.32 Å². The maximum absolute atomic E-state index is 13.5. The van der Waals surface area contributed by atoms with Crippen molar-refractivity contribution in [3.05, 3.63) is 35.4 Å². The molecule has 1 rings (SSSR count). The average molecular weight is 313 g/mol. The van der Waals surface area contributed by atoms with Gasteiger partial charge in [0.05, 0.1) is 5.56 Å². The third-order valence-corrected chi connectivity index (χ3v) is 3.01. The Morgan fingerprint density at radius 1 is 1.23 bits per heavy atom. The summed E-state index contributed by atoms with van der Waals surface area (Å²) >= 11 is 0. The van der Waals surface area contributed by atoms with Gasteiger partial charge in [0.2, 0.25) is 0 Å². The van der Waals surface area contributed by atoms with Crippen molar-refractivity contribution in [1.29, 1.82) is 0 Å². The summed E-state index contributed by atoms with van der Waals surface area (Å²) < 4.78 is 26.3. The van der Waals surface area contributed by atoms with Crippen molar-refractivity contribution in [2.24, 2.45) is 5.41 Å². The standard InChI is InChI=1S/C15H17F2NO4/c1-15(2,3)12(19)7-11(14(21)22)18-13(20)9-5-4-8(16)6-10(9)17/h4-6,11H,7H2,1-3H3,(H,18,20)(H,21,22). The molecule has 0 aliphatic carbocycles. The largest absolute Gasteiger partial charge is 0.480 e. The first-order valence-electron chi connectivity index (χ1n) is 6.54. The number of halogens is 2. The van der Waals surface area contributed by atoms with E-state index in [1.165, 1.54) is 0 Å². The first-order valence-corrected chi connectivity index (χ1v) is 6.54. The molecule has 1 aromatic rings. The van der Waals surface area contributed by atoms with Crippen LogP contribution in [0, 0.1) is 17.0 Å². The van der Waals surface area contributed by atoms with Crippen molar-refractivity contribution in [2.75, 3.05) is 0 Å². The first-order chi connectivity index (χ1) is 10.0. The molecule has 0 fully saturated rings. The summed E-state index contributed by atoms with van der Waals surface area (Å²) in [6, 6.07) is 0.826. The van der Waals surface area contributed by atoms with E-state index >= 15 is 0 Å². The summed E-state index contributed by atoms with van der Waals surface area (Å²) in [5.41, 5.74) is -1.25. The molecule has 0 spiro atoms. The molecule has 1 aromatic carbocycles. The van der Waals surface area contributed by atoms with Crippen LogP contribution in [0.1, 0.15) is 37.6 Å². The Bertz CT molecular complexity index is 608. The summed E-state index contributed by atoms with van der Waals surface area (Å²) in [7, 11) is 0. The van der Waals surface area contributed by atoms with Crippen LogP contribution in [0.25, 0.3) is 0 Å². The summed E-state index contributed by atoms with van der Waals surface area (Å²) in [4.78, 5) is 34.9. The highest BCUT2D eigenvalue weighted by Crippen LogP contribution is 2.18. The number of carboxylic acid groups (broad SMARTS) is 1. The fraction of sp³-hybridized carbons (Fsp3) is 0.400. The third kappa shape index (κ3) is 4.61. The molecule has 0 saturated heterocycles. The molecule has 0 aliphatic heterocycles. The number of nitrogens with one attached hydrogen (secondary N) is 1. The second-order valence-corrected chi connectivity index (χ2v) is 5.87. The van der Waals surface area contributed by atoms with Gasteiger partial charge in [-0.15, -0.1) is 0 Å². The topological polar surface area (TPSA) is 83.5 Å². The Kier molecular flexibility index (Phi) is 5.35. The Labute approximate surface area is 126 Å². The third-order valence-electron chi connectivity index (χ3n) is 3.01. The lowest BCUT2D eigenvalue weighted by molar-refractivity contribution is -0.142. The molecular formula is C15H17F2NO4. The second-order valence-electron chi connectivity index (χ2n) is 5.87. The predicted octanol–water partition coefficient (Wildman–Crippen LogP) is 2.15. The summed E-state index contributed by atoms with van der Waals surface area (Å²) in [6.07, 6.45) is -0.423. The smallest absolute Gasteiger partial charge is 0.326 e. The van der Waals surface area contributed by atoms with Gasteiger partial charge in [-0.1, -0.05) is 20.8 Å². The van der Waals surface area contributed by atoms with Gasteiger partial charge in [-0.25, -0.2) is 13.6 Å². The Morgan fingerprint density at radius 2 is 1.82 bits per heavy atom. The lowest BCUT2D eigenvalue weighted by Gasteiger charge is -2.20. The molecule has 120 valence electrons. The van der Waals surface area contributed by atoms with Crippen molar-refractivity contribution >= 4 is 17.7 Å². The van der Waals surface area contributed by atoms with Crippen LogP contribution in [0.15, 0.2) is 18.2 Å². The molecular weight excluding hydrogens is 296 g/mol. The Balaban J connectivity index is 2.89. The van der Waals surface area contributed by atoms with E-state index in [1.807, 2.05) is 0 Å². The zero-order valence-electron chi connectivity index (χ0n) is 12.4. The van der Waals surface area contributed by atoms with Crippen LogP contribution < -0.4 is 5.32 Å². The fourth-order valence-electron chi connectivity index (χ4n) is 1.60. The normalized spacial score (nSPS) is 12.6. The molecule has 5 nitrogen and oxygen atoms in total. The van der Waals surface area contributed by atoms with Crippen LogP contribution in [0.2, 0.25) is 0 Å². The van der Waals surface area contributed by atoms with Crippen LogP contribution >= 0.6 is 0 Å². The van der Waals surface area contributed by atoms with Crippen molar-refractivity contribution in [3.8, 4) is 0 Å². The average Bonchev–Trinajstić information content (AvgIpc) is 2.36. The van der Waals surface area contributed by atoms with Gasteiger partial charge >= 0.3 is 5.97 Å². The quantitative estimate of drug-likeness (QED) is 0.872. The van der Waals surface area contributed by atoms with E-state index in [0.29, 0.717) is 6.07 Å². The number of hydrogen-bond donors (Lipinski definition) is 2. The van der Waals surface area contributed by atoms with Gasteiger partial charge in [0.1, 0.15) is 23.5 Å². The number of Topliss-reactive ketones (excluding diaryl/α,β-unsaturated/α-hetero) is 1. The molecule has 7 heteroatoms. The van der Waals surface area contributed by atoms with Crippen molar-refractivity contribution in [2.45, 2.75) is 33.2 Å². The molecule has 1 unspecified atom stereocenters. The van der Waals surface area contributed by atoms with Crippen LogP contribution in [0.4, 0.5) is 8.78 Å². The van der Waals surface area contributed by atoms with E-state index in [9.17, 15) is 23.2 Å². The molecule has 0 aliphatic rings. The summed E-state index contributed by atoms with van der Waals surface area (Å²) in [5, 5.41) is 11.2. The maximum atomic E-state index is 13.5. The number of aliphatic carboxylic acids is 1. The second kappa shape index (κ2) is 6.64. The van der Waals surface area contributed by atoms with Crippen molar-refractivity contribution in [1.82, 2.24) is 5.32 Å². The minimum Gasteiger partial charge on any atom is -0.480 e. The minimum atomic E-state index is -1.48. The Hall–Kier alpha value is -2.31. The number of benzene rings is 1. The molecule has 0 aromatic heterocycles. The number of carbonyl (C=O) groups excluding carboxylic acids is 2. The van der Waals surface area contributed by atoms with Crippen LogP contribution in [-0.2, 0) is 9.59 Å². The molecule has 1 amide bonds. The number of hydrogen-bond acceptors (Lipinski definition) is 3. The van der Waals surface area contributed by atoms with Gasteiger partial charge in [0, 0.05) is 17.9 Å². The Morgan fingerprint density at radius 3 is 2.27 bits per heavy atom. The lowest BCUT2D eigenvalue weighted by Crippen LogP contribution is -2.44. The van der Waals surface area contributed by atoms with Gasteiger partial charge in [-0.05, 0) is 12.1 Å². The molecule has 0 saturated carbocycles. The van der Waals surface area contributed by atoms with Gasteiger partial charge < -0.3 is 10.4 Å². The highest BCUT2D eigenvalue weighted by atomic mass is 19.1. The highest BCUT2D eigenvalue weighted by molar-refractivity contribution is 5.98. The van der Waals surface area contributed by atoms with Gasteiger partial charge in [-0.2, -0.15) is 0 Å². The molecule has 22 heavy (non-hydrogen) atoms. The van der Waals surface area contributed by atoms with Crippen molar-refractivity contribution in [3.63, 3.8) is 0 Å². The summed E-state index contributed by atoms with van der Waals surface area (Å²) in [5.74, 6) is -4.75. The highest BCUT2D eigenvalue weighted by Gasteiger charge is 2.30. The fourth-order valence-corrected chi connectivity index (χ4v) is 1.60. The van der Waals surface area contributed by atoms with E-state index < -0.39 is 47.0 Å². The van der Waals surface area contributed by atoms with Crippen LogP contribution in [0.3, 0.4) is 0 Å². The molecule has 0 radical (unpaired) electrons. The number of carbonyl (C=O) groups is 3. The molecule has 0 heterocycles. The monoisotopic (exact) mass is 313 g/mol. The van der Waals surface area contributed by atoms with Crippen LogP contribution in [-0.4, -0.2) is 28.8 Å². The van der Waals surface area contributed by atoms with Gasteiger partial charge in [0.15, 0.2) is 0 Å². The van der Waals surface area contributed by atoms with Crippen LogP contribution in [0.5, 0.6) is 0 Å². The SMILES string of the molecule is CC(C)(C)C(=O)CC(NC(=O)c1ccc(F)cc1F)C(=O)O.